The Balaban J connectivity index is 2.11. The van der Waals surface area contributed by atoms with Crippen LogP contribution in [0.4, 0.5) is 0 Å². The maximum absolute atomic E-state index is 11.6. The predicted molar refractivity (Wildman–Crippen MR) is 68.1 cm³/mol. The number of nitrogens with one attached hydrogen (secondary N) is 1. The minimum atomic E-state index is -0.165. The first-order chi connectivity index (χ1) is 8.11. The molecule has 1 amide bonds. The van der Waals surface area contributed by atoms with Gasteiger partial charge in [0.1, 0.15) is 0 Å². The van der Waals surface area contributed by atoms with Crippen molar-refractivity contribution in [2.24, 2.45) is 0 Å². The highest BCUT2D eigenvalue weighted by Crippen LogP contribution is 2.16. The van der Waals surface area contributed by atoms with Crippen LogP contribution in [0.25, 0.3) is 0 Å². The number of hydrogen-bond acceptors (Lipinski definition) is 4. The molecular formula is C11H17BrN2O3. The van der Waals surface area contributed by atoms with Crippen molar-refractivity contribution >= 4 is 21.8 Å². The minimum absolute atomic E-state index is 0.165. The monoisotopic (exact) mass is 304 g/mol. The van der Waals surface area contributed by atoms with Crippen molar-refractivity contribution in [1.82, 2.24) is 10.2 Å². The van der Waals surface area contributed by atoms with Crippen LogP contribution < -0.4 is 5.32 Å². The number of likely N-dealkylation sites (N-methyl/N-ethyl adjacent to an activating group) is 1. The molecule has 0 spiro atoms. The molecule has 5 nitrogen and oxygen atoms in total. The third kappa shape index (κ3) is 5.34. The molecule has 0 fully saturated rings. The molecule has 1 heterocycles. The van der Waals surface area contributed by atoms with Crippen molar-refractivity contribution in [3.05, 3.63) is 22.6 Å². The first-order valence-corrected chi connectivity index (χ1v) is 6.14. The van der Waals surface area contributed by atoms with Crippen molar-refractivity contribution in [3.8, 4) is 0 Å². The number of hydrogen-bond donors (Lipinski definition) is 1. The fourth-order valence-electron chi connectivity index (χ4n) is 1.14. The maximum atomic E-state index is 11.6. The van der Waals surface area contributed by atoms with Crippen LogP contribution in [0.2, 0.25) is 0 Å². The first-order valence-electron chi connectivity index (χ1n) is 5.35. The molecule has 1 aromatic heterocycles. The fraction of sp³-hybridized carbons (Fsp3) is 0.545. The lowest BCUT2D eigenvalue weighted by atomic mass is 10.3. The molecular weight excluding hydrogens is 288 g/mol. The number of rotatable bonds is 7. The SMILES string of the molecule is CN(C)CCOCCNC(=O)c1ccoc1Br. The zero-order valence-corrected chi connectivity index (χ0v) is 11.6. The summed E-state index contributed by atoms with van der Waals surface area (Å²) >= 11 is 3.15. The smallest absolute Gasteiger partial charge is 0.255 e. The number of ether oxygens (including phenoxy) is 1. The van der Waals surface area contributed by atoms with E-state index < -0.39 is 0 Å². The number of carbonyl (C=O) groups is 1. The van der Waals surface area contributed by atoms with Crippen LogP contribution in [0.1, 0.15) is 10.4 Å². The summed E-state index contributed by atoms with van der Waals surface area (Å²) in [4.78, 5) is 13.6. The molecule has 0 aromatic carbocycles. The Labute approximate surface area is 109 Å². The Morgan fingerprint density at radius 2 is 2.29 bits per heavy atom. The van der Waals surface area contributed by atoms with Gasteiger partial charge in [-0.3, -0.25) is 4.79 Å². The Hall–Kier alpha value is -0.850. The van der Waals surface area contributed by atoms with Crippen molar-refractivity contribution in [2.75, 3.05) is 40.4 Å². The van der Waals surface area contributed by atoms with E-state index in [0.717, 1.165) is 6.54 Å². The number of furan rings is 1. The lowest BCUT2D eigenvalue weighted by molar-refractivity contribution is 0.0898. The van der Waals surface area contributed by atoms with Gasteiger partial charge >= 0.3 is 0 Å². The summed E-state index contributed by atoms with van der Waals surface area (Å²) < 4.78 is 10.8. The Morgan fingerprint density at radius 1 is 1.53 bits per heavy atom. The van der Waals surface area contributed by atoms with Crippen molar-refractivity contribution < 1.29 is 13.9 Å². The van der Waals surface area contributed by atoms with E-state index in [9.17, 15) is 4.79 Å². The summed E-state index contributed by atoms with van der Waals surface area (Å²) in [6.45, 7) is 2.54. The van der Waals surface area contributed by atoms with E-state index in [-0.39, 0.29) is 5.91 Å². The molecule has 0 unspecified atom stereocenters. The molecule has 0 atom stereocenters. The molecule has 1 N–H and O–H groups in total. The molecule has 0 radical (unpaired) electrons. The second-order valence-corrected chi connectivity index (χ2v) is 4.50. The van der Waals surface area contributed by atoms with E-state index in [0.29, 0.717) is 30.0 Å². The van der Waals surface area contributed by atoms with Gasteiger partial charge in [-0.25, -0.2) is 0 Å². The van der Waals surface area contributed by atoms with Gasteiger partial charge in [0.05, 0.1) is 25.0 Å². The summed E-state index contributed by atoms with van der Waals surface area (Å²) in [6, 6.07) is 1.62. The van der Waals surface area contributed by atoms with Crippen LogP contribution in [-0.2, 0) is 4.74 Å². The molecule has 0 aliphatic carbocycles. The average Bonchev–Trinajstić information content (AvgIpc) is 2.69. The summed E-state index contributed by atoms with van der Waals surface area (Å²) in [5.41, 5.74) is 0.498. The predicted octanol–water partition coefficient (Wildman–Crippen LogP) is 1.35. The lowest BCUT2D eigenvalue weighted by Crippen LogP contribution is -2.28. The van der Waals surface area contributed by atoms with Gasteiger partial charge in [0.25, 0.3) is 5.91 Å². The Kier molecular flexibility index (Phi) is 6.25. The van der Waals surface area contributed by atoms with Gasteiger partial charge in [-0.05, 0) is 36.1 Å². The quantitative estimate of drug-likeness (QED) is 0.773. The Bertz CT molecular complexity index is 352. The van der Waals surface area contributed by atoms with Crippen LogP contribution in [0, 0.1) is 0 Å². The number of halogens is 1. The van der Waals surface area contributed by atoms with Gasteiger partial charge in [-0.2, -0.15) is 0 Å². The molecule has 0 bridgehead atoms. The number of amides is 1. The topological polar surface area (TPSA) is 54.7 Å². The van der Waals surface area contributed by atoms with Crippen LogP contribution in [0.3, 0.4) is 0 Å². The van der Waals surface area contributed by atoms with E-state index in [1.165, 1.54) is 6.26 Å². The highest BCUT2D eigenvalue weighted by molar-refractivity contribution is 9.10. The second-order valence-electron chi connectivity index (χ2n) is 3.78. The summed E-state index contributed by atoms with van der Waals surface area (Å²) in [6.07, 6.45) is 1.46. The first kappa shape index (κ1) is 14.2. The third-order valence-electron chi connectivity index (χ3n) is 2.08. The largest absolute Gasteiger partial charge is 0.457 e. The van der Waals surface area contributed by atoms with Gasteiger partial charge in [0, 0.05) is 13.1 Å². The van der Waals surface area contributed by atoms with Crippen molar-refractivity contribution in [2.45, 2.75) is 0 Å². The van der Waals surface area contributed by atoms with E-state index in [1.54, 1.807) is 6.07 Å². The lowest BCUT2D eigenvalue weighted by Gasteiger charge is -2.10. The summed E-state index contributed by atoms with van der Waals surface area (Å²) in [5.74, 6) is -0.165. The van der Waals surface area contributed by atoms with Crippen molar-refractivity contribution in [3.63, 3.8) is 0 Å². The zero-order valence-electron chi connectivity index (χ0n) is 10.0. The molecule has 0 aliphatic rings. The van der Waals surface area contributed by atoms with E-state index in [1.807, 2.05) is 19.0 Å². The summed E-state index contributed by atoms with van der Waals surface area (Å²) in [7, 11) is 3.98. The molecule has 1 aromatic rings. The number of carbonyl (C=O) groups excluding carboxylic acids is 1. The standard InChI is InChI=1S/C11H17BrN2O3/c1-14(2)5-8-16-7-4-13-11(15)9-3-6-17-10(9)12/h3,6H,4-5,7-8H2,1-2H3,(H,13,15). The van der Waals surface area contributed by atoms with Gasteiger partial charge in [-0.15, -0.1) is 0 Å². The summed E-state index contributed by atoms with van der Waals surface area (Å²) in [5, 5.41) is 2.75. The van der Waals surface area contributed by atoms with E-state index in [2.05, 4.69) is 21.2 Å². The minimum Gasteiger partial charge on any atom is -0.457 e. The Morgan fingerprint density at radius 3 is 2.88 bits per heavy atom. The van der Waals surface area contributed by atoms with Crippen molar-refractivity contribution in [1.29, 1.82) is 0 Å². The molecule has 17 heavy (non-hydrogen) atoms. The molecule has 6 heteroatoms. The van der Waals surface area contributed by atoms with Gasteiger partial charge in [0.2, 0.25) is 0 Å². The van der Waals surface area contributed by atoms with Gasteiger partial charge < -0.3 is 19.4 Å². The van der Waals surface area contributed by atoms with Crippen LogP contribution in [-0.4, -0.2) is 51.2 Å². The molecule has 0 saturated heterocycles. The van der Waals surface area contributed by atoms with E-state index in [4.69, 9.17) is 9.15 Å². The number of nitrogens with zero attached hydrogens (tertiary/aromatic N) is 1. The van der Waals surface area contributed by atoms with Gasteiger partial charge in [0.15, 0.2) is 4.67 Å². The molecule has 1 rings (SSSR count). The normalized spacial score (nSPS) is 10.8. The third-order valence-corrected chi connectivity index (χ3v) is 2.69. The molecule has 96 valence electrons. The molecule has 0 aliphatic heterocycles. The van der Waals surface area contributed by atoms with E-state index >= 15 is 0 Å². The highest BCUT2D eigenvalue weighted by atomic mass is 79.9. The maximum Gasteiger partial charge on any atom is 0.255 e. The molecule has 0 saturated carbocycles. The fourth-order valence-corrected chi connectivity index (χ4v) is 1.56. The second kappa shape index (κ2) is 7.47. The highest BCUT2D eigenvalue weighted by Gasteiger charge is 2.11. The van der Waals surface area contributed by atoms with Gasteiger partial charge in [-0.1, -0.05) is 0 Å². The van der Waals surface area contributed by atoms with Crippen LogP contribution in [0.15, 0.2) is 21.4 Å². The zero-order chi connectivity index (χ0) is 12.7. The average molecular weight is 305 g/mol. The van der Waals surface area contributed by atoms with Crippen LogP contribution >= 0.6 is 15.9 Å². The van der Waals surface area contributed by atoms with Crippen LogP contribution in [0.5, 0.6) is 0 Å².